The van der Waals surface area contributed by atoms with Crippen molar-refractivity contribution in [1.29, 1.82) is 0 Å². The fourth-order valence-corrected chi connectivity index (χ4v) is 7.34. The Morgan fingerprint density at radius 3 is 2.11 bits per heavy atom. The molecule has 6 heteroatoms. The third-order valence-electron chi connectivity index (χ3n) is 4.17. The zero-order valence-electron chi connectivity index (χ0n) is 10.7. The summed E-state index contributed by atoms with van der Waals surface area (Å²) in [6, 6.07) is 0. The Labute approximate surface area is 109 Å². The van der Waals surface area contributed by atoms with E-state index in [9.17, 15) is 16.8 Å². The maximum atomic E-state index is 12.1. The molecular formula is C12H18O4S2. The summed E-state index contributed by atoms with van der Waals surface area (Å²) in [6.45, 7) is 7.73. The molecule has 1 unspecified atom stereocenters. The molecule has 4 nitrogen and oxygen atoms in total. The van der Waals surface area contributed by atoms with Crippen LogP contribution in [0.1, 0.15) is 33.1 Å². The van der Waals surface area contributed by atoms with E-state index in [-0.39, 0.29) is 33.2 Å². The van der Waals surface area contributed by atoms with Crippen LogP contribution >= 0.6 is 0 Å². The molecular weight excluding hydrogens is 272 g/mol. The Balaban J connectivity index is 2.61. The van der Waals surface area contributed by atoms with Crippen LogP contribution in [0.5, 0.6) is 0 Å². The third-order valence-corrected chi connectivity index (χ3v) is 8.38. The SMILES string of the molecule is C=C(C)C1(C)CCC2=C(C1)S(=O)(=O)CCS2(=O)=O. The van der Waals surface area contributed by atoms with Crippen LogP contribution in [0.25, 0.3) is 0 Å². The van der Waals surface area contributed by atoms with Gasteiger partial charge in [-0.3, -0.25) is 0 Å². The van der Waals surface area contributed by atoms with Crippen molar-refractivity contribution < 1.29 is 16.8 Å². The number of rotatable bonds is 1. The van der Waals surface area contributed by atoms with Crippen LogP contribution in [0.4, 0.5) is 0 Å². The smallest absolute Gasteiger partial charge is 0.176 e. The highest BCUT2D eigenvalue weighted by molar-refractivity contribution is 8.02. The molecule has 0 radical (unpaired) electrons. The average Bonchev–Trinajstić information content (AvgIpc) is 2.25. The lowest BCUT2D eigenvalue weighted by molar-refractivity contribution is 0.352. The van der Waals surface area contributed by atoms with E-state index in [1.165, 1.54) is 0 Å². The molecule has 0 amide bonds. The van der Waals surface area contributed by atoms with Gasteiger partial charge in [-0.25, -0.2) is 16.8 Å². The molecule has 0 fully saturated rings. The van der Waals surface area contributed by atoms with Gasteiger partial charge in [0.15, 0.2) is 19.7 Å². The van der Waals surface area contributed by atoms with Gasteiger partial charge in [0.2, 0.25) is 0 Å². The van der Waals surface area contributed by atoms with Crippen molar-refractivity contribution in [1.82, 2.24) is 0 Å². The maximum absolute atomic E-state index is 12.1. The maximum Gasteiger partial charge on any atom is 0.176 e. The molecule has 2 rings (SSSR count). The summed E-state index contributed by atoms with van der Waals surface area (Å²) in [7, 11) is -6.76. The highest BCUT2D eigenvalue weighted by Gasteiger charge is 2.43. The van der Waals surface area contributed by atoms with Gasteiger partial charge in [0.05, 0.1) is 21.3 Å². The van der Waals surface area contributed by atoms with Crippen molar-refractivity contribution in [3.05, 3.63) is 22.0 Å². The second kappa shape index (κ2) is 3.93. The van der Waals surface area contributed by atoms with Gasteiger partial charge in [0.1, 0.15) is 0 Å². The minimum absolute atomic E-state index is 0.144. The minimum Gasteiger partial charge on any atom is -0.224 e. The van der Waals surface area contributed by atoms with Crippen LogP contribution in [0.3, 0.4) is 0 Å². The third kappa shape index (κ3) is 2.05. The van der Waals surface area contributed by atoms with Crippen molar-refractivity contribution >= 4 is 19.7 Å². The molecule has 2 aliphatic rings. The van der Waals surface area contributed by atoms with Gasteiger partial charge in [0.25, 0.3) is 0 Å². The van der Waals surface area contributed by atoms with Crippen molar-refractivity contribution in [3.63, 3.8) is 0 Å². The molecule has 1 aliphatic heterocycles. The largest absolute Gasteiger partial charge is 0.224 e. The number of allylic oxidation sites excluding steroid dienone is 3. The molecule has 0 N–H and O–H groups in total. The number of hydrogen-bond acceptors (Lipinski definition) is 4. The van der Waals surface area contributed by atoms with Crippen LogP contribution in [-0.2, 0) is 19.7 Å². The standard InChI is InChI=1S/C12H18O4S2/c1-9(2)12(3)5-4-10-11(8-12)18(15,16)7-6-17(10,13)14/h1,4-8H2,2-3H3. The van der Waals surface area contributed by atoms with Gasteiger partial charge < -0.3 is 0 Å². The normalized spacial score (nSPS) is 33.9. The molecule has 0 saturated heterocycles. The molecule has 0 aromatic carbocycles. The topological polar surface area (TPSA) is 68.3 Å². The van der Waals surface area contributed by atoms with Gasteiger partial charge in [-0.05, 0) is 31.6 Å². The van der Waals surface area contributed by atoms with Gasteiger partial charge >= 0.3 is 0 Å². The summed E-state index contributed by atoms with van der Waals surface area (Å²) in [6.07, 6.45) is 1.25. The molecule has 0 bridgehead atoms. The van der Waals surface area contributed by atoms with E-state index in [2.05, 4.69) is 6.58 Å². The van der Waals surface area contributed by atoms with E-state index in [1.807, 2.05) is 13.8 Å². The zero-order chi connectivity index (χ0) is 13.8. The number of hydrogen-bond donors (Lipinski definition) is 0. The molecule has 1 aliphatic carbocycles. The predicted octanol–water partition coefficient (Wildman–Crippen LogP) is 1.81. The van der Waals surface area contributed by atoms with Crippen LogP contribution in [0.2, 0.25) is 0 Å². The predicted molar refractivity (Wildman–Crippen MR) is 71.4 cm³/mol. The summed E-state index contributed by atoms with van der Waals surface area (Å²) in [5, 5.41) is 0. The van der Waals surface area contributed by atoms with E-state index < -0.39 is 19.7 Å². The average molecular weight is 290 g/mol. The van der Waals surface area contributed by atoms with Gasteiger partial charge in [-0.2, -0.15) is 0 Å². The summed E-state index contributed by atoms with van der Waals surface area (Å²) in [5.41, 5.74) is 0.603. The van der Waals surface area contributed by atoms with Crippen LogP contribution in [0.15, 0.2) is 22.0 Å². The lowest BCUT2D eigenvalue weighted by Gasteiger charge is -2.37. The Morgan fingerprint density at radius 2 is 1.61 bits per heavy atom. The van der Waals surface area contributed by atoms with Crippen LogP contribution in [0, 0.1) is 5.41 Å². The molecule has 0 aromatic rings. The summed E-state index contributed by atoms with van der Waals surface area (Å²) < 4.78 is 48.0. The highest BCUT2D eigenvalue weighted by atomic mass is 32.2. The summed E-state index contributed by atoms with van der Waals surface area (Å²) in [5.74, 6) is -0.543. The van der Waals surface area contributed by atoms with Crippen molar-refractivity contribution in [2.24, 2.45) is 5.41 Å². The van der Waals surface area contributed by atoms with Crippen molar-refractivity contribution in [3.8, 4) is 0 Å². The Bertz CT molecular complexity index is 638. The Morgan fingerprint density at radius 1 is 1.11 bits per heavy atom. The molecule has 0 aromatic heterocycles. The second-order valence-corrected chi connectivity index (χ2v) is 9.76. The quantitative estimate of drug-likeness (QED) is 0.691. The highest BCUT2D eigenvalue weighted by Crippen LogP contribution is 2.48. The van der Waals surface area contributed by atoms with E-state index in [0.717, 1.165) is 5.57 Å². The van der Waals surface area contributed by atoms with E-state index in [4.69, 9.17) is 0 Å². The van der Waals surface area contributed by atoms with Crippen molar-refractivity contribution in [2.75, 3.05) is 11.5 Å². The zero-order valence-corrected chi connectivity index (χ0v) is 12.3. The first kappa shape index (κ1) is 13.8. The lowest BCUT2D eigenvalue weighted by Crippen LogP contribution is -2.35. The van der Waals surface area contributed by atoms with Gasteiger partial charge in [0, 0.05) is 0 Å². The van der Waals surface area contributed by atoms with Crippen LogP contribution in [-0.4, -0.2) is 28.3 Å². The monoisotopic (exact) mass is 290 g/mol. The first-order chi connectivity index (χ1) is 8.08. The minimum atomic E-state index is -3.40. The van der Waals surface area contributed by atoms with Gasteiger partial charge in [-0.15, -0.1) is 0 Å². The first-order valence-corrected chi connectivity index (χ1v) is 9.22. The van der Waals surface area contributed by atoms with Gasteiger partial charge in [-0.1, -0.05) is 19.1 Å². The molecule has 102 valence electrons. The molecule has 0 saturated carbocycles. The summed E-state index contributed by atoms with van der Waals surface area (Å²) >= 11 is 0. The molecule has 1 atom stereocenters. The Kier molecular flexibility index (Phi) is 3.02. The lowest BCUT2D eigenvalue weighted by atomic mass is 9.74. The van der Waals surface area contributed by atoms with Crippen LogP contribution < -0.4 is 0 Å². The second-order valence-electron chi connectivity index (χ2n) is 5.50. The molecule has 0 spiro atoms. The van der Waals surface area contributed by atoms with E-state index >= 15 is 0 Å². The molecule has 1 heterocycles. The van der Waals surface area contributed by atoms with E-state index in [0.29, 0.717) is 12.8 Å². The van der Waals surface area contributed by atoms with Crippen molar-refractivity contribution in [2.45, 2.75) is 33.1 Å². The Hall–Kier alpha value is -0.620. The number of sulfone groups is 2. The fourth-order valence-electron chi connectivity index (χ4n) is 2.51. The first-order valence-electron chi connectivity index (χ1n) is 5.92. The molecule has 18 heavy (non-hydrogen) atoms. The fraction of sp³-hybridized carbons (Fsp3) is 0.667. The summed E-state index contributed by atoms with van der Waals surface area (Å²) in [4.78, 5) is 0.304. The van der Waals surface area contributed by atoms with E-state index in [1.54, 1.807) is 0 Å².